The maximum absolute atomic E-state index is 3.71. The van der Waals surface area contributed by atoms with E-state index in [4.69, 9.17) is 0 Å². The average Bonchev–Trinajstić information content (AvgIpc) is 4.10. The van der Waals surface area contributed by atoms with Crippen molar-refractivity contribution in [3.05, 3.63) is 126 Å². The number of tetrazole rings is 3. The van der Waals surface area contributed by atoms with Crippen molar-refractivity contribution in [2.45, 2.75) is 0 Å². The molecule has 4 aromatic carbocycles. The Hall–Kier alpha value is -7.50. The third-order valence-corrected chi connectivity index (χ3v) is 8.04. The predicted molar refractivity (Wildman–Crippen MR) is 196 cm³/mol. The summed E-state index contributed by atoms with van der Waals surface area (Å²) < 4.78 is 0. The van der Waals surface area contributed by atoms with Gasteiger partial charge in [-0.15, -0.1) is 0 Å². The quantitative estimate of drug-likeness (QED) is 0.0950. The van der Waals surface area contributed by atoms with Gasteiger partial charge in [-0.3, -0.25) is 61.9 Å². The van der Waals surface area contributed by atoms with Crippen molar-refractivity contribution >= 4 is 17.5 Å². The van der Waals surface area contributed by atoms with Crippen molar-refractivity contribution in [3.8, 4) is 34.2 Å². The van der Waals surface area contributed by atoms with E-state index in [0.29, 0.717) is 17.5 Å². The number of benzene rings is 4. The van der Waals surface area contributed by atoms with Crippen LogP contribution in [0.2, 0.25) is 0 Å². The van der Waals surface area contributed by atoms with Crippen LogP contribution in [0.3, 0.4) is 0 Å². The van der Waals surface area contributed by atoms with Crippen LogP contribution in [0.15, 0.2) is 109 Å². The maximum Gasteiger partial charge on any atom is 0.275 e. The largest absolute Gasteiger partial charge is 0.330 e. The number of amidine groups is 3. The minimum atomic E-state index is 0.575. The molecule has 3 aliphatic rings. The smallest absolute Gasteiger partial charge is 0.275 e. The number of nitrogens with zero attached hydrogens (tertiary/aromatic N) is 12. The highest BCUT2D eigenvalue weighted by Crippen LogP contribution is 2.12. The van der Waals surface area contributed by atoms with Crippen LogP contribution >= 0.6 is 0 Å². The topological polar surface area (TPSA) is 236 Å². The second-order valence-electron chi connectivity index (χ2n) is 11.7. The molecule has 0 radical (unpaired) electrons. The third kappa shape index (κ3) is 9.43. The van der Waals surface area contributed by atoms with Gasteiger partial charge >= 0.3 is 0 Å². The Morgan fingerprint density at radius 1 is 0.389 bits per heavy atom. The first-order valence-electron chi connectivity index (χ1n) is 17.2. The van der Waals surface area contributed by atoms with Crippen molar-refractivity contribution < 1.29 is 15.0 Å². The molecule has 0 spiro atoms. The van der Waals surface area contributed by atoms with Crippen molar-refractivity contribution in [1.82, 2.24) is 77.8 Å². The lowest BCUT2D eigenvalue weighted by molar-refractivity contribution is -0.444. The van der Waals surface area contributed by atoms with E-state index in [1.165, 1.54) is 16.7 Å². The fourth-order valence-electron chi connectivity index (χ4n) is 5.53. The van der Waals surface area contributed by atoms with E-state index in [1.54, 1.807) is 0 Å². The number of hydrogen-bond acceptors (Lipinski definition) is 12. The highest BCUT2D eigenvalue weighted by molar-refractivity contribution is 6.05. The molecular formula is C36H36N18. The van der Waals surface area contributed by atoms with Crippen LogP contribution in [0, 0.1) is 0 Å². The monoisotopic (exact) mass is 720 g/mol. The zero-order chi connectivity index (χ0) is 36.6. The Morgan fingerprint density at radius 2 is 0.685 bits per heavy atom. The zero-order valence-corrected chi connectivity index (χ0v) is 29.0. The molecule has 6 N–H and O–H groups in total. The van der Waals surface area contributed by atoms with Gasteiger partial charge in [0.05, 0.1) is 16.7 Å². The van der Waals surface area contributed by atoms with E-state index in [0.717, 1.165) is 73.5 Å². The van der Waals surface area contributed by atoms with Gasteiger partial charge in [-0.25, -0.2) is 0 Å². The molecule has 3 aromatic heterocycles. The van der Waals surface area contributed by atoms with Crippen LogP contribution in [0.25, 0.3) is 34.2 Å². The lowest BCUT2D eigenvalue weighted by Crippen LogP contribution is -2.71. The summed E-state index contributed by atoms with van der Waals surface area (Å²) in [4.78, 5) is 10.2. The van der Waals surface area contributed by atoms with Gasteiger partial charge in [0.15, 0.2) is 0 Å². The Balaban J connectivity index is 0.000000117. The Kier molecular flexibility index (Phi) is 11.7. The van der Waals surface area contributed by atoms with Crippen molar-refractivity contribution in [1.29, 1.82) is 0 Å². The van der Waals surface area contributed by atoms with Gasteiger partial charge in [0, 0.05) is 17.5 Å². The lowest BCUT2D eigenvalue weighted by Gasteiger charge is -2.04. The summed E-state index contributed by atoms with van der Waals surface area (Å²) in [5, 5.41) is 52.9. The molecule has 0 amide bonds. The summed E-state index contributed by atoms with van der Waals surface area (Å²) in [6, 6.07) is 35.5. The molecule has 0 saturated heterocycles. The molecule has 7 aromatic rings. The number of rotatable bonds is 6. The van der Waals surface area contributed by atoms with E-state index >= 15 is 0 Å². The van der Waals surface area contributed by atoms with Crippen molar-refractivity contribution in [2.24, 2.45) is 0 Å². The van der Waals surface area contributed by atoms with Crippen molar-refractivity contribution in [3.63, 3.8) is 0 Å². The fourth-order valence-corrected chi connectivity index (χ4v) is 5.53. The van der Waals surface area contributed by atoms with Crippen LogP contribution < -0.4 is 46.2 Å². The predicted octanol–water partition coefficient (Wildman–Crippen LogP) is -4.53. The molecule has 270 valence electrons. The van der Waals surface area contributed by atoms with Gasteiger partial charge in [-0.2, -0.15) is 15.6 Å². The normalized spacial score (nSPS) is 13.9. The molecule has 54 heavy (non-hydrogen) atoms. The first-order valence-corrected chi connectivity index (χ1v) is 17.2. The molecule has 0 atom stereocenters. The number of hydrogen-bond donors (Lipinski definition) is 6. The minimum Gasteiger partial charge on any atom is -0.330 e. The second-order valence-corrected chi connectivity index (χ2v) is 11.7. The van der Waals surface area contributed by atoms with Crippen LogP contribution in [0.5, 0.6) is 0 Å². The highest BCUT2D eigenvalue weighted by atomic mass is 15.5. The summed E-state index contributed by atoms with van der Waals surface area (Å²) in [6.07, 6.45) is 0. The zero-order valence-electron chi connectivity index (χ0n) is 29.0. The van der Waals surface area contributed by atoms with Gasteiger partial charge in [0.1, 0.15) is 39.3 Å². The van der Waals surface area contributed by atoms with Crippen LogP contribution in [0.1, 0.15) is 16.7 Å². The standard InChI is InChI=1S/C15H18N6.3C7H5N4/c1-2-17-13(16-1)10-7-11(14-18-3-4-19-14)9-12(8-10)15-20-5-6-21-15;3*1-2-4-6(5-3-1)7-8-10-11-9-7/h7-9H,1-6H2,(H,16,17)(H,18,19)(H,20,21);3*1-5H/q;3*-1/p+3. The summed E-state index contributed by atoms with van der Waals surface area (Å²) in [6.45, 7) is 5.89. The highest BCUT2D eigenvalue weighted by Gasteiger charge is 2.24. The van der Waals surface area contributed by atoms with Gasteiger partial charge in [-0.1, -0.05) is 91.0 Å². The summed E-state index contributed by atoms with van der Waals surface area (Å²) in [5.74, 6) is 5.09. The van der Waals surface area contributed by atoms with Gasteiger partial charge < -0.3 is 15.3 Å². The molecule has 0 bridgehead atoms. The molecule has 0 fully saturated rings. The molecule has 0 aliphatic carbocycles. The Morgan fingerprint density at radius 3 is 0.907 bits per heavy atom. The number of nitrogens with one attached hydrogen (secondary N) is 6. The molecular weight excluding hydrogens is 685 g/mol. The van der Waals surface area contributed by atoms with Gasteiger partial charge in [0.25, 0.3) is 17.5 Å². The Bertz CT molecular complexity index is 1970. The summed E-state index contributed by atoms with van der Waals surface area (Å²) in [7, 11) is 0. The molecule has 3 aliphatic heterocycles. The van der Waals surface area contributed by atoms with E-state index in [2.05, 4.69) is 111 Å². The molecule has 18 heteroatoms. The summed E-state index contributed by atoms with van der Waals surface area (Å²) in [5.41, 5.74) is 6.43. The van der Waals surface area contributed by atoms with Crippen LogP contribution in [-0.4, -0.2) is 103 Å². The second kappa shape index (κ2) is 18.1. The van der Waals surface area contributed by atoms with E-state index in [-0.39, 0.29) is 0 Å². The van der Waals surface area contributed by atoms with Crippen LogP contribution in [0.4, 0.5) is 0 Å². The van der Waals surface area contributed by atoms with E-state index in [1.807, 2.05) is 91.0 Å². The van der Waals surface area contributed by atoms with Gasteiger partial charge in [-0.05, 0) is 34.9 Å². The minimum absolute atomic E-state index is 0.575. The third-order valence-electron chi connectivity index (χ3n) is 8.04. The van der Waals surface area contributed by atoms with Gasteiger partial charge in [0.2, 0.25) is 0 Å². The summed E-state index contributed by atoms with van der Waals surface area (Å²) >= 11 is 0. The van der Waals surface area contributed by atoms with Crippen molar-refractivity contribution in [2.75, 3.05) is 39.3 Å². The maximum atomic E-state index is 3.71. The Labute approximate surface area is 309 Å². The SMILES string of the molecule is c1c(C2=[NH+]CCN2)cc(C2=[NH+]CCN2)cc1C1=[NH+]CCN1.c1ccc(-c2nnn[n-]2)cc1.c1ccc(-c2nnn[n-]2)cc1.c1ccc(-c2nnn[n-]2)cc1. The number of aromatic nitrogens is 12. The fraction of sp³-hybridized carbons (Fsp3) is 0.167. The average molecular weight is 721 g/mol. The molecule has 0 saturated carbocycles. The first-order chi connectivity index (χ1) is 26.8. The molecule has 6 heterocycles. The lowest BCUT2D eigenvalue weighted by atomic mass is 10.0. The first kappa shape index (κ1) is 34.9. The van der Waals surface area contributed by atoms with E-state index < -0.39 is 0 Å². The van der Waals surface area contributed by atoms with E-state index in [9.17, 15) is 0 Å². The van der Waals surface area contributed by atoms with Crippen LogP contribution in [-0.2, 0) is 0 Å². The molecule has 0 unspecified atom stereocenters. The molecule has 10 rings (SSSR count). The molecule has 18 nitrogen and oxygen atoms in total.